The molecule has 0 fully saturated rings. The van der Waals surface area contributed by atoms with Gasteiger partial charge >= 0.3 is 0 Å². The molecule has 122 valence electrons. The van der Waals surface area contributed by atoms with E-state index in [0.717, 1.165) is 31.1 Å². The minimum Gasteiger partial charge on any atom is -0.247 e. The molecule has 0 amide bonds. The third-order valence-electron chi connectivity index (χ3n) is 3.92. The van der Waals surface area contributed by atoms with E-state index in [1.165, 1.54) is 17.7 Å². The van der Waals surface area contributed by atoms with Gasteiger partial charge in [-0.05, 0) is 79.7 Å². The Labute approximate surface area is 157 Å². The Hall–Kier alpha value is -1.52. The molecule has 0 aliphatic heterocycles. The number of halogens is 3. The average Bonchev–Trinajstić information content (AvgIpc) is 2.54. The van der Waals surface area contributed by atoms with Gasteiger partial charge in [0.2, 0.25) is 0 Å². The third kappa shape index (κ3) is 3.45. The maximum atomic E-state index is 13.3. The SMILES string of the molecule is CC(C)c1c(C=C(Br)Br)c(-c2ccc(F)cc2)nc2ccccc12. The van der Waals surface area contributed by atoms with Crippen LogP contribution in [-0.4, -0.2) is 4.98 Å². The minimum atomic E-state index is -0.248. The Morgan fingerprint density at radius 2 is 1.71 bits per heavy atom. The molecular formula is C20H16Br2FN. The van der Waals surface area contributed by atoms with E-state index in [1.54, 1.807) is 12.1 Å². The van der Waals surface area contributed by atoms with Crippen molar-refractivity contribution in [3.8, 4) is 11.3 Å². The smallest absolute Gasteiger partial charge is 0.123 e. The van der Waals surface area contributed by atoms with E-state index in [1.807, 2.05) is 24.3 Å². The van der Waals surface area contributed by atoms with E-state index in [2.05, 4.69) is 51.8 Å². The topological polar surface area (TPSA) is 12.9 Å². The second-order valence-electron chi connectivity index (χ2n) is 5.90. The first kappa shape index (κ1) is 17.3. The fraction of sp³-hybridized carbons (Fsp3) is 0.150. The van der Waals surface area contributed by atoms with Crippen LogP contribution in [0.2, 0.25) is 0 Å². The molecule has 0 radical (unpaired) electrons. The van der Waals surface area contributed by atoms with Crippen molar-refractivity contribution in [2.45, 2.75) is 19.8 Å². The van der Waals surface area contributed by atoms with Crippen LogP contribution in [0.4, 0.5) is 4.39 Å². The Morgan fingerprint density at radius 3 is 2.33 bits per heavy atom. The molecule has 3 aromatic rings. The van der Waals surface area contributed by atoms with E-state index < -0.39 is 0 Å². The van der Waals surface area contributed by atoms with Crippen molar-refractivity contribution in [3.05, 3.63) is 68.9 Å². The van der Waals surface area contributed by atoms with Crippen molar-refractivity contribution in [1.29, 1.82) is 0 Å². The molecule has 0 N–H and O–H groups in total. The maximum Gasteiger partial charge on any atom is 0.123 e. The lowest BCUT2D eigenvalue weighted by Crippen LogP contribution is -2.00. The average molecular weight is 449 g/mol. The van der Waals surface area contributed by atoms with Crippen LogP contribution in [0.25, 0.3) is 28.2 Å². The summed E-state index contributed by atoms with van der Waals surface area (Å²) in [6, 6.07) is 14.6. The minimum absolute atomic E-state index is 0.248. The maximum absolute atomic E-state index is 13.3. The molecule has 0 aliphatic carbocycles. The standard InChI is InChI=1S/C20H16Br2FN/c1-12(2)19-15-5-3-4-6-17(15)24-20(16(19)11-18(21)22)13-7-9-14(23)10-8-13/h3-12H,1-2H3. The Kier molecular flexibility index (Phi) is 5.16. The first-order valence-corrected chi connectivity index (χ1v) is 9.27. The lowest BCUT2D eigenvalue weighted by molar-refractivity contribution is 0.628. The molecule has 0 saturated heterocycles. The molecule has 0 spiro atoms. The van der Waals surface area contributed by atoms with Crippen molar-refractivity contribution in [2.75, 3.05) is 0 Å². The van der Waals surface area contributed by atoms with Gasteiger partial charge in [-0.25, -0.2) is 9.37 Å². The summed E-state index contributed by atoms with van der Waals surface area (Å²) in [6.45, 7) is 4.35. The van der Waals surface area contributed by atoms with E-state index in [4.69, 9.17) is 4.98 Å². The summed E-state index contributed by atoms with van der Waals surface area (Å²) in [4.78, 5) is 4.86. The van der Waals surface area contributed by atoms with Crippen LogP contribution in [0.5, 0.6) is 0 Å². The highest BCUT2D eigenvalue weighted by Crippen LogP contribution is 2.37. The quantitative estimate of drug-likeness (QED) is 0.411. The summed E-state index contributed by atoms with van der Waals surface area (Å²) in [5, 5.41) is 1.14. The molecule has 0 saturated carbocycles. The van der Waals surface area contributed by atoms with Crippen LogP contribution in [0.3, 0.4) is 0 Å². The summed E-state index contributed by atoms with van der Waals surface area (Å²) < 4.78 is 14.2. The molecule has 0 aliphatic rings. The van der Waals surface area contributed by atoms with E-state index in [9.17, 15) is 4.39 Å². The van der Waals surface area contributed by atoms with E-state index in [-0.39, 0.29) is 5.82 Å². The van der Waals surface area contributed by atoms with Crippen LogP contribution in [-0.2, 0) is 0 Å². The van der Waals surface area contributed by atoms with Crippen LogP contribution < -0.4 is 0 Å². The number of aromatic nitrogens is 1. The summed E-state index contributed by atoms with van der Waals surface area (Å²) in [6.07, 6.45) is 2.02. The number of benzene rings is 2. The number of pyridine rings is 1. The van der Waals surface area contributed by atoms with Crippen LogP contribution in [0.15, 0.2) is 51.9 Å². The Bertz CT molecular complexity index is 911. The summed E-state index contributed by atoms with van der Waals surface area (Å²) >= 11 is 6.93. The summed E-state index contributed by atoms with van der Waals surface area (Å²) in [5.41, 5.74) is 4.98. The number of fused-ring (bicyclic) bond motifs is 1. The molecule has 1 heterocycles. The zero-order valence-electron chi connectivity index (χ0n) is 13.4. The number of rotatable bonds is 3. The Morgan fingerprint density at radius 1 is 1.04 bits per heavy atom. The van der Waals surface area contributed by atoms with Crippen molar-refractivity contribution < 1.29 is 4.39 Å². The first-order valence-electron chi connectivity index (χ1n) is 7.68. The second-order valence-corrected chi connectivity index (χ2v) is 8.67. The summed E-state index contributed by atoms with van der Waals surface area (Å²) in [5.74, 6) is 0.0742. The van der Waals surface area contributed by atoms with Gasteiger partial charge < -0.3 is 0 Å². The molecule has 3 rings (SSSR count). The molecule has 1 nitrogen and oxygen atoms in total. The molecule has 0 atom stereocenters. The normalized spacial score (nSPS) is 11.1. The van der Waals surface area contributed by atoms with Crippen LogP contribution in [0, 0.1) is 5.82 Å². The lowest BCUT2D eigenvalue weighted by atomic mass is 9.90. The van der Waals surface area contributed by atoms with Crippen molar-refractivity contribution in [2.24, 2.45) is 0 Å². The van der Waals surface area contributed by atoms with Gasteiger partial charge in [0.05, 0.1) is 14.6 Å². The molecule has 24 heavy (non-hydrogen) atoms. The van der Waals surface area contributed by atoms with E-state index >= 15 is 0 Å². The second kappa shape index (κ2) is 7.16. The molecule has 0 bridgehead atoms. The van der Waals surface area contributed by atoms with E-state index in [0.29, 0.717) is 5.92 Å². The molecular weight excluding hydrogens is 433 g/mol. The fourth-order valence-corrected chi connectivity index (χ4v) is 3.42. The van der Waals surface area contributed by atoms with Crippen LogP contribution >= 0.6 is 31.9 Å². The zero-order valence-corrected chi connectivity index (χ0v) is 16.5. The largest absolute Gasteiger partial charge is 0.247 e. The zero-order chi connectivity index (χ0) is 17.3. The van der Waals surface area contributed by atoms with Gasteiger partial charge in [0.25, 0.3) is 0 Å². The van der Waals surface area contributed by atoms with Gasteiger partial charge in [0.15, 0.2) is 0 Å². The molecule has 4 heteroatoms. The fourth-order valence-electron chi connectivity index (χ4n) is 2.96. The molecule has 1 aromatic heterocycles. The molecule has 0 unspecified atom stereocenters. The van der Waals surface area contributed by atoms with Gasteiger partial charge in [0.1, 0.15) is 5.82 Å². The monoisotopic (exact) mass is 447 g/mol. The van der Waals surface area contributed by atoms with Gasteiger partial charge in [-0.15, -0.1) is 0 Å². The van der Waals surface area contributed by atoms with Gasteiger partial charge in [-0.3, -0.25) is 0 Å². The van der Waals surface area contributed by atoms with Crippen molar-refractivity contribution >= 4 is 48.8 Å². The number of hydrogen-bond donors (Lipinski definition) is 0. The summed E-state index contributed by atoms with van der Waals surface area (Å²) in [7, 11) is 0. The van der Waals surface area contributed by atoms with Crippen LogP contribution in [0.1, 0.15) is 30.9 Å². The van der Waals surface area contributed by atoms with Crippen molar-refractivity contribution in [1.82, 2.24) is 4.98 Å². The Balaban J connectivity index is 2.42. The predicted molar refractivity (Wildman–Crippen MR) is 107 cm³/mol. The van der Waals surface area contributed by atoms with Gasteiger partial charge in [-0.2, -0.15) is 0 Å². The molecule has 2 aromatic carbocycles. The number of nitrogens with zero attached hydrogens (tertiary/aromatic N) is 1. The van der Waals surface area contributed by atoms with Gasteiger partial charge in [0, 0.05) is 16.5 Å². The predicted octanol–water partition coefficient (Wildman–Crippen LogP) is 7.25. The number of para-hydroxylation sites is 1. The highest BCUT2D eigenvalue weighted by atomic mass is 79.9. The first-order chi connectivity index (χ1) is 11.5. The lowest BCUT2D eigenvalue weighted by Gasteiger charge is -2.18. The third-order valence-corrected chi connectivity index (χ3v) is 4.38. The van der Waals surface area contributed by atoms with Gasteiger partial charge in [-0.1, -0.05) is 32.0 Å². The highest BCUT2D eigenvalue weighted by Gasteiger charge is 2.17. The highest BCUT2D eigenvalue weighted by molar-refractivity contribution is 9.28. The number of hydrogen-bond acceptors (Lipinski definition) is 1. The van der Waals surface area contributed by atoms with Crippen molar-refractivity contribution in [3.63, 3.8) is 0 Å².